The molecule has 2 aromatic rings. The van der Waals surface area contributed by atoms with Crippen LogP contribution >= 0.6 is 15.9 Å². The molecule has 2 rings (SSSR count). The van der Waals surface area contributed by atoms with E-state index in [4.69, 9.17) is 9.47 Å². The lowest BCUT2D eigenvalue weighted by atomic mass is 10.2. The normalized spacial score (nSPS) is 10.5. The molecule has 0 aliphatic heterocycles. The summed E-state index contributed by atoms with van der Waals surface area (Å²) in [6, 6.07) is 10.1. The summed E-state index contributed by atoms with van der Waals surface area (Å²) in [5.41, 5.74) is 1.05. The van der Waals surface area contributed by atoms with Gasteiger partial charge in [0.15, 0.2) is 11.5 Å². The average molecular weight is 355 g/mol. The zero-order valence-electron chi connectivity index (χ0n) is 11.6. The third-order valence-electron chi connectivity index (χ3n) is 2.92. The Morgan fingerprint density at radius 1 is 1.14 bits per heavy atom. The van der Waals surface area contributed by atoms with Crippen molar-refractivity contribution in [1.29, 1.82) is 0 Å². The van der Waals surface area contributed by atoms with Crippen LogP contribution in [0.1, 0.15) is 18.1 Å². The Labute approximate surface area is 131 Å². The van der Waals surface area contributed by atoms with Gasteiger partial charge < -0.3 is 14.6 Å². The second-order valence-electron chi connectivity index (χ2n) is 4.36. The van der Waals surface area contributed by atoms with E-state index in [9.17, 15) is 9.50 Å². The van der Waals surface area contributed by atoms with E-state index in [0.717, 1.165) is 0 Å². The second kappa shape index (κ2) is 7.43. The van der Waals surface area contributed by atoms with Crippen molar-refractivity contribution in [2.75, 3.05) is 6.61 Å². The Morgan fingerprint density at radius 2 is 1.95 bits per heavy atom. The smallest absolute Gasteiger partial charge is 0.167 e. The van der Waals surface area contributed by atoms with Gasteiger partial charge in [0.1, 0.15) is 12.4 Å². The maximum atomic E-state index is 13.8. The van der Waals surface area contributed by atoms with Crippen LogP contribution in [0.3, 0.4) is 0 Å². The van der Waals surface area contributed by atoms with Crippen LogP contribution in [-0.2, 0) is 13.2 Å². The molecule has 0 amide bonds. The van der Waals surface area contributed by atoms with Crippen LogP contribution in [0.25, 0.3) is 0 Å². The quantitative estimate of drug-likeness (QED) is 0.850. The van der Waals surface area contributed by atoms with Crippen LogP contribution in [0, 0.1) is 5.82 Å². The fraction of sp³-hybridized carbons (Fsp3) is 0.250. The van der Waals surface area contributed by atoms with Gasteiger partial charge in [-0.1, -0.05) is 34.1 Å². The van der Waals surface area contributed by atoms with Gasteiger partial charge in [0.25, 0.3) is 0 Å². The lowest BCUT2D eigenvalue weighted by Gasteiger charge is -2.15. The van der Waals surface area contributed by atoms with Crippen LogP contribution < -0.4 is 9.47 Å². The summed E-state index contributed by atoms with van der Waals surface area (Å²) in [4.78, 5) is 0. The van der Waals surface area contributed by atoms with Gasteiger partial charge in [-0.2, -0.15) is 0 Å². The van der Waals surface area contributed by atoms with Gasteiger partial charge in [0.2, 0.25) is 0 Å². The summed E-state index contributed by atoms with van der Waals surface area (Å²) in [6.07, 6.45) is 0. The minimum Gasteiger partial charge on any atom is -0.490 e. The van der Waals surface area contributed by atoms with Crippen molar-refractivity contribution in [3.63, 3.8) is 0 Å². The first-order valence-electron chi connectivity index (χ1n) is 6.58. The zero-order valence-corrected chi connectivity index (χ0v) is 13.2. The largest absolute Gasteiger partial charge is 0.490 e. The number of hydrogen-bond acceptors (Lipinski definition) is 3. The first-order chi connectivity index (χ1) is 10.2. The Kier molecular flexibility index (Phi) is 5.59. The molecule has 0 fully saturated rings. The minimum absolute atomic E-state index is 0.0657. The van der Waals surface area contributed by atoms with Crippen LogP contribution in [0.2, 0.25) is 0 Å². The first-order valence-corrected chi connectivity index (χ1v) is 7.37. The SMILES string of the molecule is CCOc1cccc(CO)c1OCc1ccc(Br)cc1F. The molecule has 0 spiro atoms. The van der Waals surface area contributed by atoms with Crippen molar-refractivity contribution in [3.05, 3.63) is 57.8 Å². The van der Waals surface area contributed by atoms with Crippen molar-refractivity contribution in [2.45, 2.75) is 20.1 Å². The number of hydrogen-bond donors (Lipinski definition) is 1. The van der Waals surface area contributed by atoms with Crippen molar-refractivity contribution < 1.29 is 19.0 Å². The molecule has 0 unspecified atom stereocenters. The number of benzene rings is 2. The fourth-order valence-electron chi connectivity index (χ4n) is 1.91. The highest BCUT2D eigenvalue weighted by Crippen LogP contribution is 2.32. The Hall–Kier alpha value is -1.59. The standard InChI is InChI=1S/C16H16BrFO3/c1-2-20-15-5-3-4-11(9-19)16(15)21-10-12-6-7-13(17)8-14(12)18/h3-8,19H,2,9-10H2,1H3. The van der Waals surface area contributed by atoms with Gasteiger partial charge in [-0.15, -0.1) is 0 Å². The number of ether oxygens (including phenoxy) is 2. The predicted molar refractivity (Wildman–Crippen MR) is 82.0 cm³/mol. The predicted octanol–water partition coefficient (Wildman–Crippen LogP) is 4.06. The molecule has 0 aromatic heterocycles. The number of aliphatic hydroxyl groups excluding tert-OH is 1. The summed E-state index contributed by atoms with van der Waals surface area (Å²) in [7, 11) is 0. The molecule has 1 N–H and O–H groups in total. The summed E-state index contributed by atoms with van der Waals surface area (Å²) < 4.78 is 25.6. The van der Waals surface area contributed by atoms with Gasteiger partial charge in [0.05, 0.1) is 13.2 Å². The van der Waals surface area contributed by atoms with E-state index in [2.05, 4.69) is 15.9 Å². The zero-order chi connectivity index (χ0) is 15.2. The maximum Gasteiger partial charge on any atom is 0.167 e. The monoisotopic (exact) mass is 354 g/mol. The first kappa shape index (κ1) is 15.8. The third kappa shape index (κ3) is 3.95. The van der Waals surface area contributed by atoms with E-state index < -0.39 is 0 Å². The van der Waals surface area contributed by atoms with Gasteiger partial charge in [0, 0.05) is 15.6 Å². The van der Waals surface area contributed by atoms with E-state index in [0.29, 0.717) is 33.7 Å². The van der Waals surface area contributed by atoms with Crippen molar-refractivity contribution >= 4 is 15.9 Å². The molecular formula is C16H16BrFO3. The van der Waals surface area contributed by atoms with E-state index in [1.54, 1.807) is 30.3 Å². The van der Waals surface area contributed by atoms with E-state index >= 15 is 0 Å². The highest BCUT2D eigenvalue weighted by atomic mass is 79.9. The second-order valence-corrected chi connectivity index (χ2v) is 5.28. The molecule has 0 saturated carbocycles. The molecule has 2 aromatic carbocycles. The molecule has 0 atom stereocenters. The Balaban J connectivity index is 2.22. The van der Waals surface area contributed by atoms with Crippen molar-refractivity contribution in [3.8, 4) is 11.5 Å². The summed E-state index contributed by atoms with van der Waals surface area (Å²) in [5, 5.41) is 9.38. The molecule has 0 radical (unpaired) electrons. The highest BCUT2D eigenvalue weighted by Gasteiger charge is 2.12. The fourth-order valence-corrected chi connectivity index (χ4v) is 2.24. The molecule has 21 heavy (non-hydrogen) atoms. The molecule has 5 heteroatoms. The Bertz CT molecular complexity index is 616. The third-order valence-corrected chi connectivity index (χ3v) is 3.41. The molecule has 3 nitrogen and oxygen atoms in total. The number of aliphatic hydroxyl groups is 1. The van der Waals surface area contributed by atoms with Crippen LogP contribution in [-0.4, -0.2) is 11.7 Å². The molecule has 0 heterocycles. The molecule has 0 aliphatic rings. The van der Waals surface area contributed by atoms with Gasteiger partial charge in [-0.25, -0.2) is 4.39 Å². The van der Waals surface area contributed by atoms with Gasteiger partial charge in [-0.3, -0.25) is 0 Å². The maximum absolute atomic E-state index is 13.8. The number of halogens is 2. The lowest BCUT2D eigenvalue weighted by Crippen LogP contribution is -2.04. The molecule has 112 valence electrons. The summed E-state index contributed by atoms with van der Waals surface area (Å²) in [6.45, 7) is 2.25. The Morgan fingerprint density at radius 3 is 2.62 bits per heavy atom. The lowest BCUT2D eigenvalue weighted by molar-refractivity contribution is 0.241. The summed E-state index contributed by atoms with van der Waals surface area (Å²) >= 11 is 3.21. The molecule has 0 bridgehead atoms. The van der Waals surface area contributed by atoms with Crippen LogP contribution in [0.5, 0.6) is 11.5 Å². The molecule has 0 saturated heterocycles. The summed E-state index contributed by atoms with van der Waals surface area (Å²) in [5.74, 6) is 0.648. The minimum atomic E-state index is -0.344. The van der Waals surface area contributed by atoms with E-state index in [1.807, 2.05) is 6.92 Å². The molecule has 0 aliphatic carbocycles. The average Bonchev–Trinajstić information content (AvgIpc) is 2.47. The van der Waals surface area contributed by atoms with E-state index in [1.165, 1.54) is 6.07 Å². The van der Waals surface area contributed by atoms with Crippen LogP contribution in [0.4, 0.5) is 4.39 Å². The topological polar surface area (TPSA) is 38.7 Å². The van der Waals surface area contributed by atoms with E-state index in [-0.39, 0.29) is 19.0 Å². The number of para-hydroxylation sites is 1. The van der Waals surface area contributed by atoms with Gasteiger partial charge in [-0.05, 0) is 25.1 Å². The van der Waals surface area contributed by atoms with Crippen LogP contribution in [0.15, 0.2) is 40.9 Å². The van der Waals surface area contributed by atoms with Crippen molar-refractivity contribution in [1.82, 2.24) is 0 Å². The number of rotatable bonds is 6. The van der Waals surface area contributed by atoms with Crippen molar-refractivity contribution in [2.24, 2.45) is 0 Å². The highest BCUT2D eigenvalue weighted by molar-refractivity contribution is 9.10. The molecular weight excluding hydrogens is 339 g/mol. The van der Waals surface area contributed by atoms with Gasteiger partial charge >= 0.3 is 0 Å².